The molecule has 1 aliphatic rings. The van der Waals surface area contributed by atoms with Crippen LogP contribution < -0.4 is 16.2 Å². The van der Waals surface area contributed by atoms with E-state index in [1.165, 1.54) is 0 Å². The van der Waals surface area contributed by atoms with Crippen LogP contribution in [0.4, 0.5) is 0 Å². The SMILES string of the molecule is Cc1noc(C)c1C(=O)NNC(=O)C(=O)NC1CC1. The van der Waals surface area contributed by atoms with Crippen LogP contribution in [0.1, 0.15) is 34.7 Å². The molecule has 0 spiro atoms. The number of carbonyl (C=O) groups is 3. The monoisotopic (exact) mass is 266 g/mol. The van der Waals surface area contributed by atoms with Gasteiger partial charge in [-0.05, 0) is 26.7 Å². The molecular weight excluding hydrogens is 252 g/mol. The Morgan fingerprint density at radius 3 is 2.37 bits per heavy atom. The Kier molecular flexibility index (Phi) is 3.50. The van der Waals surface area contributed by atoms with Crippen LogP contribution in [0, 0.1) is 13.8 Å². The van der Waals surface area contributed by atoms with Gasteiger partial charge in [0.05, 0.1) is 5.69 Å². The lowest BCUT2D eigenvalue weighted by Crippen LogP contribution is -2.49. The molecule has 0 atom stereocenters. The predicted molar refractivity (Wildman–Crippen MR) is 62.8 cm³/mol. The first-order valence-electron chi connectivity index (χ1n) is 5.83. The van der Waals surface area contributed by atoms with Crippen molar-refractivity contribution in [3.05, 3.63) is 17.0 Å². The van der Waals surface area contributed by atoms with E-state index in [0.29, 0.717) is 11.5 Å². The first-order chi connectivity index (χ1) is 8.99. The normalized spacial score (nSPS) is 13.8. The van der Waals surface area contributed by atoms with Crippen molar-refractivity contribution in [2.75, 3.05) is 0 Å². The van der Waals surface area contributed by atoms with Gasteiger partial charge in [0.25, 0.3) is 5.91 Å². The number of hydrogen-bond acceptors (Lipinski definition) is 5. The van der Waals surface area contributed by atoms with Gasteiger partial charge in [0.15, 0.2) is 0 Å². The molecule has 2 rings (SSSR count). The summed E-state index contributed by atoms with van der Waals surface area (Å²) in [4.78, 5) is 34.4. The smallest absolute Gasteiger partial charge is 0.327 e. The molecule has 1 saturated carbocycles. The minimum absolute atomic E-state index is 0.0801. The number of carbonyl (C=O) groups excluding carboxylic acids is 3. The van der Waals surface area contributed by atoms with E-state index in [4.69, 9.17) is 4.52 Å². The van der Waals surface area contributed by atoms with E-state index in [1.54, 1.807) is 13.8 Å². The summed E-state index contributed by atoms with van der Waals surface area (Å²) < 4.78 is 4.83. The van der Waals surface area contributed by atoms with Crippen molar-refractivity contribution in [2.24, 2.45) is 0 Å². The van der Waals surface area contributed by atoms with E-state index in [-0.39, 0.29) is 11.6 Å². The summed E-state index contributed by atoms with van der Waals surface area (Å²) in [6.45, 7) is 3.18. The van der Waals surface area contributed by atoms with Gasteiger partial charge in [-0.3, -0.25) is 25.2 Å². The van der Waals surface area contributed by atoms with Crippen molar-refractivity contribution in [3.8, 4) is 0 Å². The summed E-state index contributed by atoms with van der Waals surface area (Å²) in [6.07, 6.45) is 1.76. The summed E-state index contributed by atoms with van der Waals surface area (Å²) >= 11 is 0. The largest absolute Gasteiger partial charge is 0.361 e. The molecule has 19 heavy (non-hydrogen) atoms. The number of hydrogen-bond donors (Lipinski definition) is 3. The van der Waals surface area contributed by atoms with Crippen LogP contribution in [0.2, 0.25) is 0 Å². The highest BCUT2D eigenvalue weighted by Crippen LogP contribution is 2.18. The van der Waals surface area contributed by atoms with Crippen LogP contribution in [-0.2, 0) is 9.59 Å². The highest BCUT2D eigenvalue weighted by Gasteiger charge is 2.27. The van der Waals surface area contributed by atoms with Gasteiger partial charge >= 0.3 is 11.8 Å². The zero-order chi connectivity index (χ0) is 14.0. The maximum atomic E-state index is 11.8. The van der Waals surface area contributed by atoms with Gasteiger partial charge in [0.1, 0.15) is 11.3 Å². The van der Waals surface area contributed by atoms with Gasteiger partial charge in [0, 0.05) is 6.04 Å². The van der Waals surface area contributed by atoms with Gasteiger partial charge < -0.3 is 9.84 Å². The van der Waals surface area contributed by atoms with Crippen molar-refractivity contribution in [1.29, 1.82) is 0 Å². The first-order valence-corrected chi connectivity index (χ1v) is 5.83. The fourth-order valence-electron chi connectivity index (χ4n) is 1.52. The summed E-state index contributed by atoms with van der Waals surface area (Å²) in [5, 5.41) is 6.12. The number of aromatic nitrogens is 1. The van der Waals surface area contributed by atoms with Crippen LogP contribution in [0.25, 0.3) is 0 Å². The Labute approximate surface area is 108 Å². The number of rotatable bonds is 2. The fourth-order valence-corrected chi connectivity index (χ4v) is 1.52. The zero-order valence-corrected chi connectivity index (χ0v) is 10.6. The Balaban J connectivity index is 1.86. The van der Waals surface area contributed by atoms with E-state index in [2.05, 4.69) is 15.9 Å². The molecule has 0 radical (unpaired) electrons. The molecule has 8 nitrogen and oxygen atoms in total. The molecule has 1 aliphatic carbocycles. The first kappa shape index (κ1) is 13.1. The Morgan fingerprint density at radius 1 is 1.16 bits per heavy atom. The van der Waals surface area contributed by atoms with E-state index >= 15 is 0 Å². The third-order valence-electron chi connectivity index (χ3n) is 2.67. The fraction of sp³-hybridized carbons (Fsp3) is 0.455. The third-order valence-corrected chi connectivity index (χ3v) is 2.67. The van der Waals surface area contributed by atoms with Crippen LogP contribution in [0.3, 0.4) is 0 Å². The Hall–Kier alpha value is -2.38. The van der Waals surface area contributed by atoms with Gasteiger partial charge in [-0.1, -0.05) is 5.16 Å². The molecule has 3 N–H and O–H groups in total. The number of nitrogens with one attached hydrogen (secondary N) is 3. The molecule has 0 unspecified atom stereocenters. The molecule has 1 heterocycles. The summed E-state index contributed by atoms with van der Waals surface area (Å²) in [7, 11) is 0. The second-order valence-electron chi connectivity index (χ2n) is 4.36. The van der Waals surface area contributed by atoms with Gasteiger partial charge in [-0.15, -0.1) is 0 Å². The van der Waals surface area contributed by atoms with E-state index in [0.717, 1.165) is 12.8 Å². The number of hydrazine groups is 1. The van der Waals surface area contributed by atoms with Gasteiger partial charge in [-0.25, -0.2) is 0 Å². The molecule has 0 saturated heterocycles. The lowest BCUT2D eigenvalue weighted by Gasteiger charge is -2.06. The van der Waals surface area contributed by atoms with Crippen molar-refractivity contribution in [3.63, 3.8) is 0 Å². The minimum Gasteiger partial charge on any atom is -0.361 e. The van der Waals surface area contributed by atoms with Crippen molar-refractivity contribution in [1.82, 2.24) is 21.3 Å². The van der Waals surface area contributed by atoms with Crippen LogP contribution >= 0.6 is 0 Å². The average Bonchev–Trinajstić information content (AvgIpc) is 3.11. The standard InChI is InChI=1S/C11H14N4O4/c1-5-8(6(2)19-15-5)9(16)13-14-11(18)10(17)12-7-3-4-7/h7H,3-4H2,1-2H3,(H,12,17)(H,13,16)(H,14,18). The average molecular weight is 266 g/mol. The van der Waals surface area contributed by atoms with E-state index in [9.17, 15) is 14.4 Å². The maximum absolute atomic E-state index is 11.8. The van der Waals surface area contributed by atoms with Crippen molar-refractivity contribution in [2.45, 2.75) is 32.7 Å². The Morgan fingerprint density at radius 2 is 1.84 bits per heavy atom. The molecule has 0 aromatic carbocycles. The highest BCUT2D eigenvalue weighted by molar-refractivity contribution is 6.35. The third kappa shape index (κ3) is 3.09. The highest BCUT2D eigenvalue weighted by atomic mass is 16.5. The van der Waals surface area contributed by atoms with Crippen LogP contribution in [-0.4, -0.2) is 28.9 Å². The topological polar surface area (TPSA) is 113 Å². The molecule has 0 bridgehead atoms. The molecule has 102 valence electrons. The molecule has 1 fully saturated rings. The summed E-state index contributed by atoms with van der Waals surface area (Å²) in [5.74, 6) is -1.91. The van der Waals surface area contributed by atoms with Crippen molar-refractivity contribution < 1.29 is 18.9 Å². The lowest BCUT2D eigenvalue weighted by molar-refractivity contribution is -0.139. The molecule has 0 aliphatic heterocycles. The molecule has 8 heteroatoms. The summed E-state index contributed by atoms with van der Waals surface area (Å²) in [6, 6.07) is 0.0801. The molecule has 1 aromatic heterocycles. The van der Waals surface area contributed by atoms with E-state index < -0.39 is 17.7 Å². The molecule has 3 amide bonds. The van der Waals surface area contributed by atoms with Crippen LogP contribution in [0.5, 0.6) is 0 Å². The van der Waals surface area contributed by atoms with Gasteiger partial charge in [-0.2, -0.15) is 0 Å². The molecule has 1 aromatic rings. The second-order valence-corrected chi connectivity index (χ2v) is 4.36. The Bertz CT molecular complexity index is 513. The van der Waals surface area contributed by atoms with Crippen LogP contribution in [0.15, 0.2) is 4.52 Å². The zero-order valence-electron chi connectivity index (χ0n) is 10.6. The molecular formula is C11H14N4O4. The quantitative estimate of drug-likeness (QED) is 0.485. The summed E-state index contributed by atoms with van der Waals surface area (Å²) in [5.41, 5.74) is 4.83. The van der Waals surface area contributed by atoms with E-state index in [1.807, 2.05) is 5.43 Å². The maximum Gasteiger partial charge on any atom is 0.327 e. The predicted octanol–water partition coefficient (Wildman–Crippen LogP) is -0.669. The minimum atomic E-state index is -0.910. The number of aryl methyl sites for hydroxylation is 2. The van der Waals surface area contributed by atoms with Gasteiger partial charge in [0.2, 0.25) is 0 Å². The lowest BCUT2D eigenvalue weighted by atomic mass is 10.2. The second kappa shape index (κ2) is 5.09. The van der Waals surface area contributed by atoms with Crippen molar-refractivity contribution >= 4 is 17.7 Å². The number of amides is 3. The number of nitrogens with zero attached hydrogens (tertiary/aromatic N) is 1.